The molecule has 3 N–H and O–H groups in total. The van der Waals surface area contributed by atoms with Crippen LogP contribution in [0, 0.1) is 5.92 Å². The summed E-state index contributed by atoms with van der Waals surface area (Å²) in [5, 5.41) is 2.63. The van der Waals surface area contributed by atoms with Crippen molar-refractivity contribution < 1.29 is 18.0 Å². The summed E-state index contributed by atoms with van der Waals surface area (Å²) in [7, 11) is 0. The average Bonchev–Trinajstić information content (AvgIpc) is 2.27. The standard InChI is InChI=1S/C13H17F3N2O/c1-7(2)8(3)18-12(19)9-5-4-6-10(11(9)17)13(14,15)16/h4-8H,17H2,1-3H3,(H,18,19). The second-order valence-corrected chi connectivity index (χ2v) is 4.77. The molecule has 1 unspecified atom stereocenters. The maximum atomic E-state index is 12.7. The molecular formula is C13H17F3N2O. The number of amides is 1. The molecule has 1 atom stereocenters. The fourth-order valence-corrected chi connectivity index (χ4v) is 1.46. The number of hydrogen-bond donors (Lipinski definition) is 2. The molecule has 0 spiro atoms. The Morgan fingerprint density at radius 3 is 2.32 bits per heavy atom. The third-order valence-electron chi connectivity index (χ3n) is 3.01. The van der Waals surface area contributed by atoms with Gasteiger partial charge in [-0.3, -0.25) is 4.79 Å². The Hall–Kier alpha value is -1.72. The molecule has 0 aromatic heterocycles. The van der Waals surface area contributed by atoms with Crippen LogP contribution >= 0.6 is 0 Å². The van der Waals surface area contributed by atoms with Crippen LogP contribution in [0.15, 0.2) is 18.2 Å². The highest BCUT2D eigenvalue weighted by Gasteiger charge is 2.34. The lowest BCUT2D eigenvalue weighted by Crippen LogP contribution is -2.36. The molecule has 0 saturated carbocycles. The molecule has 3 nitrogen and oxygen atoms in total. The summed E-state index contributed by atoms with van der Waals surface area (Å²) in [6, 6.07) is 3.17. The van der Waals surface area contributed by atoms with Gasteiger partial charge in [-0.2, -0.15) is 13.2 Å². The molecule has 0 aliphatic carbocycles. The Labute approximate surface area is 110 Å². The second kappa shape index (κ2) is 5.50. The Kier molecular flexibility index (Phi) is 4.44. The van der Waals surface area contributed by atoms with Crippen molar-refractivity contribution in [1.29, 1.82) is 0 Å². The van der Waals surface area contributed by atoms with E-state index in [1.54, 1.807) is 6.92 Å². The maximum absolute atomic E-state index is 12.7. The van der Waals surface area contributed by atoms with Crippen LogP contribution < -0.4 is 11.1 Å². The predicted molar refractivity (Wildman–Crippen MR) is 67.6 cm³/mol. The van der Waals surface area contributed by atoms with Crippen LogP contribution in [0.4, 0.5) is 18.9 Å². The van der Waals surface area contributed by atoms with Crippen molar-refractivity contribution in [2.75, 3.05) is 5.73 Å². The highest BCUT2D eigenvalue weighted by atomic mass is 19.4. The summed E-state index contributed by atoms with van der Waals surface area (Å²) in [6.45, 7) is 5.59. The van der Waals surface area contributed by atoms with Crippen molar-refractivity contribution in [2.45, 2.75) is 33.0 Å². The predicted octanol–water partition coefficient (Wildman–Crippen LogP) is 3.06. The van der Waals surface area contributed by atoms with Gasteiger partial charge in [0.05, 0.1) is 16.8 Å². The Balaban J connectivity index is 3.06. The minimum absolute atomic E-state index is 0.151. The second-order valence-electron chi connectivity index (χ2n) is 4.77. The summed E-state index contributed by atoms with van der Waals surface area (Å²) in [6.07, 6.45) is -4.57. The monoisotopic (exact) mass is 274 g/mol. The smallest absolute Gasteiger partial charge is 0.398 e. The molecule has 0 bridgehead atoms. The van der Waals surface area contributed by atoms with Crippen LogP contribution in [0.25, 0.3) is 0 Å². The van der Waals surface area contributed by atoms with Gasteiger partial charge in [0.25, 0.3) is 5.91 Å². The van der Waals surface area contributed by atoms with Gasteiger partial charge in [0.15, 0.2) is 0 Å². The van der Waals surface area contributed by atoms with Crippen LogP contribution in [-0.4, -0.2) is 11.9 Å². The highest BCUT2D eigenvalue weighted by molar-refractivity contribution is 6.00. The van der Waals surface area contributed by atoms with Gasteiger partial charge >= 0.3 is 6.18 Å². The quantitative estimate of drug-likeness (QED) is 0.832. The number of alkyl halides is 3. The highest BCUT2D eigenvalue weighted by Crippen LogP contribution is 2.34. The third-order valence-corrected chi connectivity index (χ3v) is 3.01. The van der Waals surface area contributed by atoms with Gasteiger partial charge in [0.1, 0.15) is 0 Å². The first-order chi connectivity index (χ1) is 8.64. The zero-order chi connectivity index (χ0) is 14.8. The van der Waals surface area contributed by atoms with Crippen LogP contribution in [0.1, 0.15) is 36.7 Å². The van der Waals surface area contributed by atoms with Crippen LogP contribution in [-0.2, 0) is 6.18 Å². The van der Waals surface area contributed by atoms with Crippen molar-refractivity contribution in [3.05, 3.63) is 29.3 Å². The van der Waals surface area contributed by atoms with Gasteiger partial charge in [0.2, 0.25) is 0 Å². The minimum atomic E-state index is -4.57. The summed E-state index contributed by atoms with van der Waals surface area (Å²) >= 11 is 0. The van der Waals surface area contributed by atoms with Gasteiger partial charge in [0, 0.05) is 6.04 Å². The van der Waals surface area contributed by atoms with E-state index in [2.05, 4.69) is 5.32 Å². The first-order valence-corrected chi connectivity index (χ1v) is 5.91. The van der Waals surface area contributed by atoms with Gasteiger partial charge in [-0.1, -0.05) is 19.9 Å². The van der Waals surface area contributed by atoms with Gasteiger partial charge < -0.3 is 11.1 Å². The Bertz CT molecular complexity index is 469. The molecule has 1 amide bonds. The van der Waals surface area contributed by atoms with E-state index in [0.29, 0.717) is 0 Å². The average molecular weight is 274 g/mol. The lowest BCUT2D eigenvalue weighted by atomic mass is 10.0. The number of nitrogen functional groups attached to an aromatic ring is 1. The largest absolute Gasteiger partial charge is 0.418 e. The summed E-state index contributed by atoms with van der Waals surface area (Å²) < 4.78 is 38.0. The molecule has 19 heavy (non-hydrogen) atoms. The number of rotatable bonds is 3. The van der Waals surface area contributed by atoms with Crippen molar-refractivity contribution in [2.24, 2.45) is 5.92 Å². The van der Waals surface area contributed by atoms with E-state index < -0.39 is 23.3 Å². The van der Waals surface area contributed by atoms with E-state index in [1.165, 1.54) is 12.1 Å². The van der Waals surface area contributed by atoms with Crippen molar-refractivity contribution in [1.82, 2.24) is 5.32 Å². The normalized spacial score (nSPS) is 13.4. The molecule has 0 saturated heterocycles. The molecule has 0 aliphatic rings. The molecule has 1 aromatic rings. The van der Waals surface area contributed by atoms with Crippen LogP contribution in [0.5, 0.6) is 0 Å². The summed E-state index contributed by atoms with van der Waals surface area (Å²) in [5.74, 6) is -0.416. The minimum Gasteiger partial charge on any atom is -0.398 e. The molecule has 0 fully saturated rings. The number of benzene rings is 1. The van der Waals surface area contributed by atoms with E-state index in [-0.39, 0.29) is 17.5 Å². The molecule has 0 radical (unpaired) electrons. The fraction of sp³-hybridized carbons (Fsp3) is 0.462. The Morgan fingerprint density at radius 2 is 1.84 bits per heavy atom. The number of para-hydroxylation sites is 1. The number of hydrogen-bond acceptors (Lipinski definition) is 2. The topological polar surface area (TPSA) is 55.1 Å². The lowest BCUT2D eigenvalue weighted by Gasteiger charge is -2.19. The summed E-state index contributed by atoms with van der Waals surface area (Å²) in [4.78, 5) is 11.9. The number of nitrogens with two attached hydrogens (primary N) is 1. The van der Waals surface area contributed by atoms with E-state index in [1.807, 2.05) is 13.8 Å². The van der Waals surface area contributed by atoms with Gasteiger partial charge in [-0.05, 0) is 25.0 Å². The maximum Gasteiger partial charge on any atom is 0.418 e. The van der Waals surface area contributed by atoms with E-state index >= 15 is 0 Å². The number of nitrogens with one attached hydrogen (secondary N) is 1. The van der Waals surface area contributed by atoms with Gasteiger partial charge in [-0.25, -0.2) is 0 Å². The summed E-state index contributed by atoms with van der Waals surface area (Å²) in [5.41, 5.74) is 3.76. The first-order valence-electron chi connectivity index (χ1n) is 5.91. The zero-order valence-corrected chi connectivity index (χ0v) is 11.0. The molecule has 0 heterocycles. The Morgan fingerprint density at radius 1 is 1.26 bits per heavy atom. The molecule has 1 aromatic carbocycles. The van der Waals surface area contributed by atoms with E-state index in [9.17, 15) is 18.0 Å². The fourth-order valence-electron chi connectivity index (χ4n) is 1.46. The van der Waals surface area contributed by atoms with Crippen molar-refractivity contribution in [3.63, 3.8) is 0 Å². The van der Waals surface area contributed by atoms with Crippen molar-refractivity contribution in [3.8, 4) is 0 Å². The lowest BCUT2D eigenvalue weighted by molar-refractivity contribution is -0.136. The molecular weight excluding hydrogens is 257 g/mol. The van der Waals surface area contributed by atoms with Crippen LogP contribution in [0.3, 0.4) is 0 Å². The van der Waals surface area contributed by atoms with Gasteiger partial charge in [-0.15, -0.1) is 0 Å². The third kappa shape index (κ3) is 3.62. The number of halogens is 3. The number of carbonyl (C=O) groups is 1. The zero-order valence-electron chi connectivity index (χ0n) is 11.0. The number of anilines is 1. The SMILES string of the molecule is CC(C)C(C)NC(=O)c1cccc(C(F)(F)F)c1N. The molecule has 0 aliphatic heterocycles. The van der Waals surface area contributed by atoms with E-state index in [0.717, 1.165) is 6.07 Å². The number of carbonyl (C=O) groups excluding carboxylic acids is 1. The first kappa shape index (κ1) is 15.3. The van der Waals surface area contributed by atoms with Crippen molar-refractivity contribution >= 4 is 11.6 Å². The molecule has 1 rings (SSSR count). The van der Waals surface area contributed by atoms with Crippen LogP contribution in [0.2, 0.25) is 0 Å². The molecule has 6 heteroatoms. The molecule has 106 valence electrons. The van der Waals surface area contributed by atoms with E-state index in [4.69, 9.17) is 5.73 Å².